The fourth-order valence-corrected chi connectivity index (χ4v) is 3.87. The average molecular weight is 333 g/mol. The van der Waals surface area contributed by atoms with Crippen molar-refractivity contribution < 1.29 is 4.79 Å². The molecule has 1 aliphatic heterocycles. The predicted octanol–water partition coefficient (Wildman–Crippen LogP) is 1.93. The lowest BCUT2D eigenvalue weighted by Gasteiger charge is -2.32. The first kappa shape index (κ1) is 16.1. The van der Waals surface area contributed by atoms with Gasteiger partial charge in [-0.25, -0.2) is 4.98 Å². The van der Waals surface area contributed by atoms with Crippen LogP contribution in [0.3, 0.4) is 0 Å². The Morgan fingerprint density at radius 2 is 2.48 bits per heavy atom. The molecule has 1 aliphatic rings. The highest BCUT2D eigenvalue weighted by atomic mass is 32.1. The third kappa shape index (κ3) is 4.62. The van der Waals surface area contributed by atoms with Gasteiger partial charge in [-0.15, -0.1) is 11.3 Å². The van der Waals surface area contributed by atoms with Gasteiger partial charge in [0.1, 0.15) is 12.7 Å². The number of rotatable bonds is 6. The fraction of sp³-hybridized carbons (Fsp3) is 0.562. The van der Waals surface area contributed by atoms with Gasteiger partial charge in [0.25, 0.3) is 0 Å². The van der Waals surface area contributed by atoms with Crippen molar-refractivity contribution in [2.24, 2.45) is 5.92 Å². The Balaban J connectivity index is 1.46. The van der Waals surface area contributed by atoms with Crippen LogP contribution in [-0.2, 0) is 11.3 Å². The van der Waals surface area contributed by atoms with Crippen molar-refractivity contribution in [1.82, 2.24) is 25.0 Å². The van der Waals surface area contributed by atoms with Crippen molar-refractivity contribution in [3.63, 3.8) is 0 Å². The van der Waals surface area contributed by atoms with Crippen LogP contribution in [0.1, 0.15) is 30.7 Å². The molecule has 0 aromatic carbocycles. The number of nitrogens with one attached hydrogen (secondary N) is 1. The molecule has 1 saturated heterocycles. The molecule has 124 valence electrons. The molecule has 7 heteroatoms. The molecular formula is C16H23N5OS. The molecule has 0 radical (unpaired) electrons. The fourth-order valence-electron chi connectivity index (χ4n) is 3.13. The zero-order valence-electron chi connectivity index (χ0n) is 13.4. The number of carbonyl (C=O) groups excluding carboxylic acids is 1. The number of amides is 1. The molecule has 1 amide bonds. The van der Waals surface area contributed by atoms with Crippen LogP contribution in [0.5, 0.6) is 0 Å². The van der Waals surface area contributed by atoms with Gasteiger partial charge < -0.3 is 5.32 Å². The van der Waals surface area contributed by atoms with E-state index in [0.717, 1.165) is 26.1 Å². The zero-order chi connectivity index (χ0) is 16.1. The average Bonchev–Trinajstić information content (AvgIpc) is 3.20. The van der Waals surface area contributed by atoms with E-state index in [0.29, 0.717) is 12.5 Å². The minimum absolute atomic E-state index is 0.0817. The summed E-state index contributed by atoms with van der Waals surface area (Å²) in [5, 5.41) is 9.30. The van der Waals surface area contributed by atoms with Gasteiger partial charge in [0.15, 0.2) is 0 Å². The maximum atomic E-state index is 12.3. The smallest absolute Gasteiger partial charge is 0.234 e. The van der Waals surface area contributed by atoms with Crippen LogP contribution in [0, 0.1) is 5.92 Å². The molecule has 2 aromatic rings. The lowest BCUT2D eigenvalue weighted by molar-refractivity contribution is -0.123. The highest BCUT2D eigenvalue weighted by molar-refractivity contribution is 7.10. The number of nitrogens with zero attached hydrogens (tertiary/aromatic N) is 4. The molecule has 3 rings (SSSR count). The maximum Gasteiger partial charge on any atom is 0.234 e. The minimum Gasteiger partial charge on any atom is -0.348 e. The number of thiophene rings is 1. The number of hydrogen-bond donors (Lipinski definition) is 1. The van der Waals surface area contributed by atoms with E-state index < -0.39 is 0 Å². The number of likely N-dealkylation sites (tertiary alicyclic amines) is 1. The molecule has 2 aromatic heterocycles. The van der Waals surface area contributed by atoms with Crippen LogP contribution in [0.4, 0.5) is 0 Å². The van der Waals surface area contributed by atoms with Crippen LogP contribution in [-0.4, -0.2) is 45.2 Å². The largest absolute Gasteiger partial charge is 0.348 e. The first-order valence-corrected chi connectivity index (χ1v) is 8.96. The van der Waals surface area contributed by atoms with Crippen LogP contribution >= 0.6 is 11.3 Å². The Labute approximate surface area is 140 Å². The minimum atomic E-state index is 0.0817. The van der Waals surface area contributed by atoms with Gasteiger partial charge in [-0.1, -0.05) is 6.07 Å². The summed E-state index contributed by atoms with van der Waals surface area (Å²) in [6.07, 6.45) is 5.64. The molecule has 6 nitrogen and oxygen atoms in total. The van der Waals surface area contributed by atoms with Gasteiger partial charge in [-0.2, -0.15) is 5.10 Å². The standard InChI is InChI=1S/C16H23N5OS/c1-13(15-5-3-7-23-15)19-16(22)10-20-6-2-4-14(8-20)9-21-12-17-11-18-21/h3,5,7,11-14H,2,4,6,8-10H2,1H3,(H,19,22)/t13-,14+/m1/s1. The Morgan fingerprint density at radius 3 is 3.22 bits per heavy atom. The second kappa shape index (κ2) is 7.70. The lowest BCUT2D eigenvalue weighted by atomic mass is 9.98. The summed E-state index contributed by atoms with van der Waals surface area (Å²) >= 11 is 1.68. The van der Waals surface area contributed by atoms with E-state index in [1.807, 2.05) is 23.1 Å². The molecule has 1 N–H and O–H groups in total. The molecule has 0 aliphatic carbocycles. The van der Waals surface area contributed by atoms with E-state index >= 15 is 0 Å². The predicted molar refractivity (Wildman–Crippen MR) is 90.1 cm³/mol. The summed E-state index contributed by atoms with van der Waals surface area (Å²) in [5.74, 6) is 0.639. The van der Waals surface area contributed by atoms with Gasteiger partial charge in [-0.05, 0) is 43.7 Å². The second-order valence-corrected chi connectivity index (χ2v) is 7.14. The van der Waals surface area contributed by atoms with E-state index in [4.69, 9.17) is 0 Å². The second-order valence-electron chi connectivity index (χ2n) is 6.17. The molecule has 0 saturated carbocycles. The molecule has 0 spiro atoms. The Kier molecular flexibility index (Phi) is 5.40. The van der Waals surface area contributed by atoms with Crippen LogP contribution in [0.2, 0.25) is 0 Å². The van der Waals surface area contributed by atoms with Gasteiger partial charge in [0, 0.05) is 18.0 Å². The molecule has 2 atom stereocenters. The third-order valence-corrected chi connectivity index (χ3v) is 5.28. The molecule has 1 fully saturated rings. The SMILES string of the molecule is C[C@@H](NC(=O)CN1CCC[C@H](Cn2cncn2)C1)c1cccs1. The topological polar surface area (TPSA) is 63.1 Å². The molecule has 23 heavy (non-hydrogen) atoms. The van der Waals surface area contributed by atoms with Crippen molar-refractivity contribution >= 4 is 17.2 Å². The monoisotopic (exact) mass is 333 g/mol. The highest BCUT2D eigenvalue weighted by Crippen LogP contribution is 2.19. The van der Waals surface area contributed by atoms with Crippen LogP contribution in [0.15, 0.2) is 30.2 Å². The number of piperidine rings is 1. The number of aromatic nitrogens is 3. The third-order valence-electron chi connectivity index (χ3n) is 4.23. The van der Waals surface area contributed by atoms with Crippen molar-refractivity contribution in [3.05, 3.63) is 35.0 Å². The van der Waals surface area contributed by atoms with E-state index in [1.54, 1.807) is 24.0 Å². The molecule has 0 unspecified atom stereocenters. The van der Waals surface area contributed by atoms with Crippen LogP contribution < -0.4 is 5.32 Å². The normalized spacial score (nSPS) is 20.3. The van der Waals surface area contributed by atoms with Gasteiger partial charge >= 0.3 is 0 Å². The molecule has 0 bridgehead atoms. The summed E-state index contributed by atoms with van der Waals surface area (Å²) in [5.41, 5.74) is 0. The van der Waals surface area contributed by atoms with Crippen molar-refractivity contribution in [3.8, 4) is 0 Å². The lowest BCUT2D eigenvalue weighted by Crippen LogP contribution is -2.43. The van der Waals surface area contributed by atoms with E-state index in [1.165, 1.54) is 11.3 Å². The van der Waals surface area contributed by atoms with Crippen molar-refractivity contribution in [1.29, 1.82) is 0 Å². The first-order chi connectivity index (χ1) is 11.2. The first-order valence-electron chi connectivity index (χ1n) is 8.08. The number of carbonyl (C=O) groups is 1. The van der Waals surface area contributed by atoms with Gasteiger partial charge in [0.05, 0.1) is 12.6 Å². The van der Waals surface area contributed by atoms with Gasteiger partial charge in [0.2, 0.25) is 5.91 Å². The Bertz CT molecular complexity index is 598. The summed E-state index contributed by atoms with van der Waals surface area (Å²) in [6.45, 7) is 5.33. The number of hydrogen-bond acceptors (Lipinski definition) is 5. The highest BCUT2D eigenvalue weighted by Gasteiger charge is 2.22. The Hall–Kier alpha value is -1.73. The van der Waals surface area contributed by atoms with Crippen molar-refractivity contribution in [2.45, 2.75) is 32.4 Å². The maximum absolute atomic E-state index is 12.3. The quantitative estimate of drug-likeness (QED) is 0.877. The van der Waals surface area contributed by atoms with Crippen LogP contribution in [0.25, 0.3) is 0 Å². The van der Waals surface area contributed by atoms with Gasteiger partial charge in [-0.3, -0.25) is 14.4 Å². The van der Waals surface area contributed by atoms with E-state index in [-0.39, 0.29) is 11.9 Å². The summed E-state index contributed by atoms with van der Waals surface area (Å²) in [4.78, 5) is 19.7. The summed E-state index contributed by atoms with van der Waals surface area (Å²) in [7, 11) is 0. The van der Waals surface area contributed by atoms with E-state index in [2.05, 4.69) is 26.4 Å². The summed E-state index contributed by atoms with van der Waals surface area (Å²) in [6, 6.07) is 4.16. The van der Waals surface area contributed by atoms with Crippen molar-refractivity contribution in [2.75, 3.05) is 19.6 Å². The molecule has 3 heterocycles. The molecular weight excluding hydrogens is 310 g/mol. The van der Waals surface area contributed by atoms with E-state index in [9.17, 15) is 4.79 Å². The Morgan fingerprint density at radius 1 is 1.57 bits per heavy atom. The zero-order valence-corrected chi connectivity index (χ0v) is 14.2. The summed E-state index contributed by atoms with van der Waals surface area (Å²) < 4.78 is 1.88.